The number of carbonyl (C=O) groups is 1. The van der Waals surface area contributed by atoms with Gasteiger partial charge >= 0.3 is 5.97 Å². The summed E-state index contributed by atoms with van der Waals surface area (Å²) in [7, 11) is 1.43. The average Bonchev–Trinajstić information content (AvgIpc) is 3.17. The molecule has 128 valence electrons. The summed E-state index contributed by atoms with van der Waals surface area (Å²) in [5.74, 6) is -0.575. The van der Waals surface area contributed by atoms with Crippen LogP contribution in [0.15, 0.2) is 5.38 Å². The second kappa shape index (κ2) is 6.79. The SMILES string of the molecule is CCN(c1scc(C(=O)OC)c1C)C1CCC2(CC1)OCCO2. The van der Waals surface area contributed by atoms with Crippen molar-refractivity contribution in [3.8, 4) is 0 Å². The summed E-state index contributed by atoms with van der Waals surface area (Å²) in [6.07, 6.45) is 4.00. The molecule has 6 heteroatoms. The third-order valence-electron chi connectivity index (χ3n) is 4.99. The molecule has 0 aromatic carbocycles. The first kappa shape index (κ1) is 16.7. The van der Waals surface area contributed by atoms with E-state index in [1.807, 2.05) is 12.3 Å². The van der Waals surface area contributed by atoms with Gasteiger partial charge in [-0.25, -0.2) is 4.79 Å². The van der Waals surface area contributed by atoms with Gasteiger partial charge in [-0.15, -0.1) is 11.3 Å². The summed E-state index contributed by atoms with van der Waals surface area (Å²) in [6.45, 7) is 6.54. The molecule has 2 fully saturated rings. The van der Waals surface area contributed by atoms with Gasteiger partial charge in [0.25, 0.3) is 0 Å². The molecule has 1 aliphatic carbocycles. The third kappa shape index (κ3) is 3.12. The first-order valence-corrected chi connectivity index (χ1v) is 9.19. The van der Waals surface area contributed by atoms with Crippen LogP contribution in [0.2, 0.25) is 0 Å². The zero-order chi connectivity index (χ0) is 16.4. The Morgan fingerprint density at radius 3 is 2.61 bits per heavy atom. The Labute approximate surface area is 141 Å². The molecule has 1 aliphatic heterocycles. The molecule has 5 nitrogen and oxygen atoms in total. The van der Waals surface area contributed by atoms with Crippen molar-refractivity contribution >= 4 is 22.3 Å². The van der Waals surface area contributed by atoms with E-state index in [9.17, 15) is 4.79 Å². The standard InChI is InChI=1S/C17H25NO4S/c1-4-18(15-12(2)14(11-23-15)16(19)20-3)13-5-7-17(8-6-13)21-9-10-22-17/h11,13H,4-10H2,1-3H3. The van der Waals surface area contributed by atoms with Crippen LogP contribution in [0.4, 0.5) is 5.00 Å². The largest absolute Gasteiger partial charge is 0.465 e. The number of ether oxygens (including phenoxy) is 3. The van der Waals surface area contributed by atoms with E-state index in [1.54, 1.807) is 11.3 Å². The van der Waals surface area contributed by atoms with Crippen molar-refractivity contribution in [3.05, 3.63) is 16.5 Å². The lowest BCUT2D eigenvalue weighted by atomic mass is 9.89. The molecule has 1 saturated carbocycles. The molecule has 3 rings (SSSR count). The van der Waals surface area contributed by atoms with Crippen LogP contribution in [-0.2, 0) is 14.2 Å². The van der Waals surface area contributed by atoms with Crippen LogP contribution >= 0.6 is 11.3 Å². The maximum absolute atomic E-state index is 11.8. The highest BCUT2D eigenvalue weighted by atomic mass is 32.1. The predicted molar refractivity (Wildman–Crippen MR) is 90.3 cm³/mol. The summed E-state index contributed by atoms with van der Waals surface area (Å²) >= 11 is 1.63. The lowest BCUT2D eigenvalue weighted by Crippen LogP contribution is -2.44. The highest BCUT2D eigenvalue weighted by Gasteiger charge is 2.41. The van der Waals surface area contributed by atoms with Crippen LogP contribution in [0, 0.1) is 6.92 Å². The first-order chi connectivity index (χ1) is 11.1. The molecule has 23 heavy (non-hydrogen) atoms. The van der Waals surface area contributed by atoms with Crippen molar-refractivity contribution in [1.29, 1.82) is 0 Å². The van der Waals surface area contributed by atoms with E-state index >= 15 is 0 Å². The Hall–Kier alpha value is -1.11. The lowest BCUT2D eigenvalue weighted by Gasteiger charge is -2.40. The molecule has 1 saturated heterocycles. The number of carbonyl (C=O) groups excluding carboxylic acids is 1. The molecule has 0 N–H and O–H groups in total. The second-order valence-corrected chi connectivity index (χ2v) is 7.05. The summed E-state index contributed by atoms with van der Waals surface area (Å²) in [5.41, 5.74) is 1.71. The van der Waals surface area contributed by atoms with Crippen molar-refractivity contribution < 1.29 is 19.0 Å². The lowest BCUT2D eigenvalue weighted by molar-refractivity contribution is -0.178. The minimum Gasteiger partial charge on any atom is -0.465 e. The molecular weight excluding hydrogens is 314 g/mol. The summed E-state index contributed by atoms with van der Waals surface area (Å²) in [5, 5.41) is 3.09. The van der Waals surface area contributed by atoms with E-state index in [-0.39, 0.29) is 11.8 Å². The van der Waals surface area contributed by atoms with E-state index in [4.69, 9.17) is 14.2 Å². The fraction of sp³-hybridized carbons (Fsp3) is 0.706. The highest BCUT2D eigenvalue weighted by molar-refractivity contribution is 7.14. The Balaban J connectivity index is 1.73. The van der Waals surface area contributed by atoms with Crippen LogP contribution in [0.5, 0.6) is 0 Å². The predicted octanol–water partition coefficient (Wildman–Crippen LogP) is 3.36. The van der Waals surface area contributed by atoms with Gasteiger partial charge in [-0.2, -0.15) is 0 Å². The van der Waals surface area contributed by atoms with Gasteiger partial charge in [-0.3, -0.25) is 0 Å². The van der Waals surface area contributed by atoms with Gasteiger partial charge in [-0.1, -0.05) is 0 Å². The second-order valence-electron chi connectivity index (χ2n) is 6.20. The number of thiophene rings is 1. The number of methoxy groups -OCH3 is 1. The summed E-state index contributed by atoms with van der Waals surface area (Å²) in [4.78, 5) is 14.3. The summed E-state index contributed by atoms with van der Waals surface area (Å²) in [6, 6.07) is 0.473. The Morgan fingerprint density at radius 1 is 1.39 bits per heavy atom. The molecule has 1 spiro atoms. The molecule has 1 aromatic heterocycles. The molecule has 0 amide bonds. The number of rotatable bonds is 4. The van der Waals surface area contributed by atoms with Crippen LogP contribution in [0.25, 0.3) is 0 Å². The highest BCUT2D eigenvalue weighted by Crippen LogP contribution is 2.40. The van der Waals surface area contributed by atoms with E-state index < -0.39 is 0 Å². The van der Waals surface area contributed by atoms with Gasteiger partial charge in [0.15, 0.2) is 5.79 Å². The first-order valence-electron chi connectivity index (χ1n) is 8.31. The quantitative estimate of drug-likeness (QED) is 0.787. The van der Waals surface area contributed by atoms with E-state index in [0.29, 0.717) is 24.8 Å². The smallest absolute Gasteiger partial charge is 0.339 e. The zero-order valence-electron chi connectivity index (χ0n) is 14.1. The molecule has 1 aromatic rings. The Morgan fingerprint density at radius 2 is 2.04 bits per heavy atom. The van der Waals surface area contributed by atoms with Gasteiger partial charge in [0.05, 0.1) is 30.9 Å². The van der Waals surface area contributed by atoms with E-state index in [0.717, 1.165) is 37.8 Å². The minimum absolute atomic E-state index is 0.253. The maximum Gasteiger partial charge on any atom is 0.339 e. The number of hydrogen-bond donors (Lipinski definition) is 0. The molecule has 2 aliphatic rings. The van der Waals surface area contributed by atoms with Crippen molar-refractivity contribution in [1.82, 2.24) is 0 Å². The Bertz CT molecular complexity index is 555. The van der Waals surface area contributed by atoms with Crippen LogP contribution in [0.1, 0.15) is 48.5 Å². The fourth-order valence-electron chi connectivity index (χ4n) is 3.71. The molecular formula is C17H25NO4S. The third-order valence-corrected chi connectivity index (χ3v) is 6.11. The van der Waals surface area contributed by atoms with Crippen LogP contribution in [0.3, 0.4) is 0 Å². The number of nitrogens with zero attached hydrogens (tertiary/aromatic N) is 1. The molecule has 0 atom stereocenters. The van der Waals surface area contributed by atoms with Crippen molar-refractivity contribution in [2.75, 3.05) is 31.8 Å². The monoisotopic (exact) mass is 339 g/mol. The number of esters is 1. The van der Waals surface area contributed by atoms with Crippen LogP contribution in [-0.4, -0.2) is 44.7 Å². The minimum atomic E-state index is -0.322. The van der Waals surface area contributed by atoms with E-state index in [1.165, 1.54) is 12.1 Å². The molecule has 0 radical (unpaired) electrons. The Kier molecular flexibility index (Phi) is 4.94. The topological polar surface area (TPSA) is 48.0 Å². The van der Waals surface area contributed by atoms with Crippen molar-refractivity contribution in [3.63, 3.8) is 0 Å². The van der Waals surface area contributed by atoms with Gasteiger partial charge in [0.2, 0.25) is 0 Å². The fourth-order valence-corrected chi connectivity index (χ4v) is 4.91. The van der Waals surface area contributed by atoms with Gasteiger partial charge < -0.3 is 19.1 Å². The van der Waals surface area contributed by atoms with Crippen molar-refractivity contribution in [2.45, 2.75) is 51.4 Å². The van der Waals surface area contributed by atoms with E-state index in [2.05, 4.69) is 11.8 Å². The normalized spacial score (nSPS) is 20.8. The summed E-state index contributed by atoms with van der Waals surface area (Å²) < 4.78 is 16.5. The van der Waals surface area contributed by atoms with Crippen molar-refractivity contribution in [2.24, 2.45) is 0 Å². The zero-order valence-corrected chi connectivity index (χ0v) is 14.9. The molecule has 0 unspecified atom stereocenters. The number of hydrogen-bond acceptors (Lipinski definition) is 6. The van der Waals surface area contributed by atoms with Crippen LogP contribution < -0.4 is 4.90 Å². The maximum atomic E-state index is 11.8. The number of anilines is 1. The van der Waals surface area contributed by atoms with Gasteiger partial charge in [0, 0.05) is 30.8 Å². The molecule has 2 heterocycles. The molecule has 0 bridgehead atoms. The van der Waals surface area contributed by atoms with Gasteiger partial charge in [0.1, 0.15) is 0 Å². The average molecular weight is 339 g/mol. The van der Waals surface area contributed by atoms with Gasteiger partial charge in [-0.05, 0) is 32.3 Å².